The van der Waals surface area contributed by atoms with Gasteiger partial charge < -0.3 is 19.9 Å². The molecule has 2 N–H and O–H groups in total. The molecule has 9 heteroatoms. The van der Waals surface area contributed by atoms with Crippen LogP contribution in [-0.2, 0) is 4.79 Å². The van der Waals surface area contributed by atoms with Gasteiger partial charge in [0.1, 0.15) is 28.9 Å². The Balaban J connectivity index is 1.57. The molecule has 0 aliphatic carbocycles. The van der Waals surface area contributed by atoms with Crippen LogP contribution < -0.4 is 19.9 Å². The van der Waals surface area contributed by atoms with Crippen molar-refractivity contribution in [3.05, 3.63) is 105 Å². The van der Waals surface area contributed by atoms with E-state index >= 15 is 0 Å². The number of hydrogen-bond acceptors (Lipinski definition) is 8. The highest BCUT2D eigenvalue weighted by Crippen LogP contribution is 2.43. The van der Waals surface area contributed by atoms with E-state index in [9.17, 15) is 20.2 Å². The summed E-state index contributed by atoms with van der Waals surface area (Å²) in [6.07, 6.45) is 0. The first-order valence-corrected chi connectivity index (χ1v) is 10.2. The number of hydrogen-bond donors (Lipinski definition) is 1. The normalized spacial score (nSPS) is 14.4. The number of allylic oxidation sites excluding steroid dienone is 1. The van der Waals surface area contributed by atoms with Crippen LogP contribution in [-0.4, -0.2) is 17.5 Å². The predicted octanol–water partition coefficient (Wildman–Crippen LogP) is 4.11. The van der Waals surface area contributed by atoms with E-state index in [1.165, 1.54) is 24.3 Å². The van der Waals surface area contributed by atoms with Crippen LogP contribution in [0.4, 0.5) is 5.69 Å². The number of carbonyl (C=O) groups is 1. The number of aryl methyl sites for hydroxylation is 1. The topological polar surface area (TPSA) is 138 Å². The molecule has 0 saturated heterocycles. The van der Waals surface area contributed by atoms with E-state index in [1.807, 2.05) is 25.1 Å². The van der Waals surface area contributed by atoms with Crippen LogP contribution in [0, 0.1) is 28.4 Å². The van der Waals surface area contributed by atoms with Gasteiger partial charge in [-0.3, -0.25) is 10.1 Å². The standard InChI is InChI=1S/C25H19N3O6/c1-15-4-2-7-18(10-15)32-14-23(29)33-19-8-9-20-22(12-19)34-25(27)21(13-26)24(20)16-5-3-6-17(11-16)28(30)31/h2-12,24H,14,27H2,1H3. The molecule has 1 aliphatic heterocycles. The molecule has 3 aromatic carbocycles. The molecule has 0 bridgehead atoms. The van der Waals surface area contributed by atoms with Gasteiger partial charge in [0, 0.05) is 23.8 Å². The quantitative estimate of drug-likeness (QED) is 0.253. The first-order chi connectivity index (χ1) is 16.4. The number of nitriles is 1. The van der Waals surface area contributed by atoms with Gasteiger partial charge in [-0.05, 0) is 36.2 Å². The van der Waals surface area contributed by atoms with Crippen LogP contribution in [0.3, 0.4) is 0 Å². The predicted molar refractivity (Wildman–Crippen MR) is 121 cm³/mol. The summed E-state index contributed by atoms with van der Waals surface area (Å²) in [4.78, 5) is 23.0. The minimum Gasteiger partial charge on any atom is -0.482 e. The average Bonchev–Trinajstić information content (AvgIpc) is 2.82. The second-order valence-corrected chi connectivity index (χ2v) is 7.56. The summed E-state index contributed by atoms with van der Waals surface area (Å²) in [5.41, 5.74) is 8.06. The molecule has 0 fully saturated rings. The number of ether oxygens (including phenoxy) is 3. The summed E-state index contributed by atoms with van der Waals surface area (Å²) in [6, 6.07) is 19.9. The average molecular weight is 457 g/mol. The third-order valence-corrected chi connectivity index (χ3v) is 5.18. The van der Waals surface area contributed by atoms with Gasteiger partial charge >= 0.3 is 5.97 Å². The maximum Gasteiger partial charge on any atom is 0.349 e. The van der Waals surface area contributed by atoms with Crippen LogP contribution in [0.5, 0.6) is 17.2 Å². The summed E-state index contributed by atoms with van der Waals surface area (Å²) < 4.78 is 16.4. The zero-order valence-electron chi connectivity index (χ0n) is 18.1. The molecule has 1 aliphatic rings. The highest BCUT2D eigenvalue weighted by molar-refractivity contribution is 5.74. The van der Waals surface area contributed by atoms with Gasteiger partial charge in [0.25, 0.3) is 5.69 Å². The number of nitro benzene ring substituents is 1. The Hall–Kier alpha value is -4.84. The lowest BCUT2D eigenvalue weighted by Gasteiger charge is -2.26. The molecule has 0 radical (unpaired) electrons. The molecule has 1 heterocycles. The number of carbonyl (C=O) groups excluding carboxylic acids is 1. The molecule has 34 heavy (non-hydrogen) atoms. The fraction of sp³-hybridized carbons (Fsp3) is 0.120. The van der Waals surface area contributed by atoms with E-state index in [1.54, 1.807) is 30.3 Å². The summed E-state index contributed by atoms with van der Waals surface area (Å²) in [7, 11) is 0. The molecule has 170 valence electrons. The van der Waals surface area contributed by atoms with Gasteiger partial charge in [-0.1, -0.05) is 30.3 Å². The van der Waals surface area contributed by atoms with Crippen molar-refractivity contribution in [2.75, 3.05) is 6.61 Å². The molecule has 0 spiro atoms. The van der Waals surface area contributed by atoms with Gasteiger partial charge in [0.15, 0.2) is 6.61 Å². The molecule has 0 aromatic heterocycles. The van der Waals surface area contributed by atoms with Crippen LogP contribution in [0.2, 0.25) is 0 Å². The van der Waals surface area contributed by atoms with Crippen LogP contribution >= 0.6 is 0 Å². The number of fused-ring (bicyclic) bond motifs is 1. The Morgan fingerprint density at radius 1 is 1.15 bits per heavy atom. The maximum absolute atomic E-state index is 12.3. The number of nitrogens with zero attached hydrogens (tertiary/aromatic N) is 2. The fourth-order valence-electron chi connectivity index (χ4n) is 3.67. The monoisotopic (exact) mass is 457 g/mol. The lowest BCUT2D eigenvalue weighted by atomic mass is 9.83. The van der Waals surface area contributed by atoms with Gasteiger partial charge in [-0.25, -0.2) is 4.79 Å². The van der Waals surface area contributed by atoms with Crippen molar-refractivity contribution in [1.82, 2.24) is 0 Å². The van der Waals surface area contributed by atoms with Crippen LogP contribution in [0.15, 0.2) is 78.2 Å². The second kappa shape index (κ2) is 9.34. The Labute approximate surface area is 194 Å². The molecule has 9 nitrogen and oxygen atoms in total. The number of nitrogens with two attached hydrogens (primary N) is 1. The second-order valence-electron chi connectivity index (χ2n) is 7.56. The number of nitro groups is 1. The number of benzene rings is 3. The molecule has 0 amide bonds. The summed E-state index contributed by atoms with van der Waals surface area (Å²) in [5, 5.41) is 20.9. The summed E-state index contributed by atoms with van der Waals surface area (Å²) in [5.74, 6) is -0.400. The molecular formula is C25H19N3O6. The highest BCUT2D eigenvalue weighted by Gasteiger charge is 2.31. The van der Waals surface area contributed by atoms with E-state index < -0.39 is 16.8 Å². The SMILES string of the molecule is Cc1cccc(OCC(=O)Oc2ccc3c(c2)OC(N)=C(C#N)C3c2cccc([N+](=O)[O-])c2)c1. The largest absolute Gasteiger partial charge is 0.482 e. The molecule has 3 aromatic rings. The van der Waals surface area contributed by atoms with E-state index in [2.05, 4.69) is 0 Å². The van der Waals surface area contributed by atoms with Crippen molar-refractivity contribution < 1.29 is 23.9 Å². The van der Waals surface area contributed by atoms with E-state index in [0.717, 1.165) is 5.56 Å². The van der Waals surface area contributed by atoms with Crippen molar-refractivity contribution in [1.29, 1.82) is 5.26 Å². The lowest BCUT2D eigenvalue weighted by molar-refractivity contribution is -0.384. The molecular weight excluding hydrogens is 438 g/mol. The van der Waals surface area contributed by atoms with Gasteiger partial charge in [-0.15, -0.1) is 0 Å². The first kappa shape index (κ1) is 22.4. The third-order valence-electron chi connectivity index (χ3n) is 5.18. The zero-order valence-corrected chi connectivity index (χ0v) is 18.1. The van der Waals surface area contributed by atoms with Crippen molar-refractivity contribution in [3.63, 3.8) is 0 Å². The van der Waals surface area contributed by atoms with Gasteiger partial charge in [0.2, 0.25) is 5.88 Å². The Bertz CT molecular complexity index is 1360. The molecule has 1 unspecified atom stereocenters. The van der Waals surface area contributed by atoms with E-state index in [-0.39, 0.29) is 35.2 Å². The summed E-state index contributed by atoms with van der Waals surface area (Å²) in [6.45, 7) is 1.62. The molecule has 4 rings (SSSR count). The van der Waals surface area contributed by atoms with Gasteiger partial charge in [-0.2, -0.15) is 5.26 Å². The Kier molecular flexibility index (Phi) is 6.14. The lowest BCUT2D eigenvalue weighted by Crippen LogP contribution is -2.21. The van der Waals surface area contributed by atoms with Gasteiger partial charge in [0.05, 0.1) is 10.8 Å². The van der Waals surface area contributed by atoms with Crippen LogP contribution in [0.1, 0.15) is 22.6 Å². The van der Waals surface area contributed by atoms with Crippen LogP contribution in [0.25, 0.3) is 0 Å². The number of non-ortho nitro benzene ring substituents is 1. The number of rotatable bonds is 6. The Morgan fingerprint density at radius 2 is 1.94 bits per heavy atom. The third kappa shape index (κ3) is 4.66. The Morgan fingerprint density at radius 3 is 2.68 bits per heavy atom. The minimum atomic E-state index is -0.678. The first-order valence-electron chi connectivity index (χ1n) is 10.2. The van der Waals surface area contributed by atoms with E-state index in [4.69, 9.17) is 19.9 Å². The van der Waals surface area contributed by atoms with Crippen molar-refractivity contribution in [3.8, 4) is 23.3 Å². The van der Waals surface area contributed by atoms with Crippen molar-refractivity contribution >= 4 is 11.7 Å². The minimum absolute atomic E-state index is 0.111. The van der Waals surface area contributed by atoms with E-state index in [0.29, 0.717) is 16.9 Å². The zero-order chi connectivity index (χ0) is 24.2. The van der Waals surface area contributed by atoms with Crippen molar-refractivity contribution in [2.24, 2.45) is 5.73 Å². The maximum atomic E-state index is 12.3. The summed E-state index contributed by atoms with van der Waals surface area (Å²) >= 11 is 0. The molecule has 1 atom stereocenters. The molecule has 0 saturated carbocycles. The number of esters is 1. The smallest absolute Gasteiger partial charge is 0.349 e. The van der Waals surface area contributed by atoms with Crippen molar-refractivity contribution in [2.45, 2.75) is 12.8 Å². The highest BCUT2D eigenvalue weighted by atomic mass is 16.6. The fourth-order valence-corrected chi connectivity index (χ4v) is 3.67.